The average Bonchev–Trinajstić information content (AvgIpc) is 1.61. The Hall–Kier alpha value is 1.24. The lowest BCUT2D eigenvalue weighted by molar-refractivity contribution is 1.63. The van der Waals surface area contributed by atoms with Gasteiger partial charge in [-0.1, -0.05) is 6.08 Å². The molecule has 0 amide bonds. The lowest BCUT2D eigenvalue weighted by Crippen LogP contribution is -1.65. The van der Waals surface area contributed by atoms with Crippen LogP contribution in [0.1, 0.15) is 6.92 Å². The fraction of sp³-hybridized carbons (Fsp3) is 0.500. The van der Waals surface area contributed by atoms with E-state index in [2.05, 4.69) is 37.9 Å². The quantitative estimate of drug-likeness (QED) is 0.368. The van der Waals surface area contributed by atoms with Gasteiger partial charge in [-0.3, -0.25) is 0 Å². The molecule has 0 aliphatic heterocycles. The zero-order valence-corrected chi connectivity index (χ0v) is 7.52. The third-order valence-corrected chi connectivity index (χ3v) is 2.93. The molecule has 0 bridgehead atoms. The highest BCUT2D eigenvalue weighted by molar-refractivity contribution is 14.1. The Morgan fingerprint density at radius 2 is 2.50 bits per heavy atom. The van der Waals surface area contributed by atoms with E-state index in [1.54, 1.807) is 0 Å². The summed E-state index contributed by atoms with van der Waals surface area (Å²) in [6.07, 6.45) is 4.35. The van der Waals surface area contributed by atoms with Gasteiger partial charge in [0.2, 0.25) is 0 Å². The van der Waals surface area contributed by atoms with Gasteiger partial charge in [0, 0.05) is 0 Å². The van der Waals surface area contributed by atoms with Crippen molar-refractivity contribution in [2.24, 2.45) is 0 Å². The summed E-state index contributed by atoms with van der Waals surface area (Å²) in [6, 6.07) is 0. The summed E-state index contributed by atoms with van der Waals surface area (Å²) in [6.45, 7) is 2.07. The summed E-state index contributed by atoms with van der Waals surface area (Å²) in [4.78, 5) is 0. The molecule has 0 spiro atoms. The minimum absolute atomic E-state index is 0.286. The highest BCUT2D eigenvalue weighted by Crippen LogP contribution is 1.85. The van der Waals surface area contributed by atoms with Gasteiger partial charge >= 0.3 is 16.5 Å². The first-order chi connectivity index (χ1) is 2.91. The van der Waals surface area contributed by atoms with Crippen LogP contribution >= 0.6 is 18.9 Å². The van der Waals surface area contributed by atoms with Crippen molar-refractivity contribution in [3.63, 3.8) is 0 Å². The van der Waals surface area contributed by atoms with E-state index in [1.807, 2.05) is 0 Å². The second-order valence-electron chi connectivity index (χ2n) is 1.05. The Balaban J connectivity index is 2.66. The lowest BCUT2D eigenvalue weighted by atomic mass is 10.6. The van der Waals surface area contributed by atoms with Crippen LogP contribution in [-0.4, -0.2) is 16.5 Å². The minimum Gasteiger partial charge on any atom is -0.301 e. The molecule has 0 aliphatic rings. The fourth-order valence-electron chi connectivity index (χ4n) is 0.230. The molecule has 6 heavy (non-hydrogen) atoms. The van der Waals surface area contributed by atoms with E-state index in [-0.39, 0.29) is 16.5 Å². The molecule has 0 saturated carbocycles. The van der Waals surface area contributed by atoms with Gasteiger partial charge in [-0.25, -0.2) is 0 Å². The third-order valence-electron chi connectivity index (χ3n) is 0.511. The Morgan fingerprint density at radius 3 is 2.67 bits per heavy atom. The third kappa shape index (κ3) is 5.24. The minimum atomic E-state index is 0.286. The molecule has 0 nitrogen and oxygen atoms in total. The maximum absolute atomic E-state index is 2.50. The molecule has 32 valence electrons. The Kier molecular flexibility index (Phi) is 7.52. The molecule has 0 heterocycles. The number of hydrogen-bond donors (Lipinski definition) is 0. The Labute approximate surface area is 58.5 Å². The predicted octanol–water partition coefficient (Wildman–Crippen LogP) is 2.04. The van der Waals surface area contributed by atoms with E-state index in [4.69, 9.17) is 0 Å². The van der Waals surface area contributed by atoms with Gasteiger partial charge in [-0.15, -0.1) is 10.6 Å². The first-order valence-electron chi connectivity index (χ1n) is 2.09. The van der Waals surface area contributed by atoms with E-state index in [1.165, 1.54) is 4.55 Å². The molecule has 0 rings (SSSR count). The van der Waals surface area contributed by atoms with Crippen LogP contribution in [0.3, 0.4) is 0 Å². The first-order valence-corrected chi connectivity index (χ1v) is 8.20. The standard InChI is InChI=1S/C4H7.HI.Mg/c1-3-4-2;;/h3-4H,1H2,2H3;1H;/q;;+1/p-1. The van der Waals surface area contributed by atoms with Crippen molar-refractivity contribution < 1.29 is 0 Å². The lowest BCUT2D eigenvalue weighted by Gasteiger charge is -1.71. The molecule has 0 N–H and O–H groups in total. The summed E-state index contributed by atoms with van der Waals surface area (Å²) in [5.41, 5.74) is 0. The molecule has 0 radical (unpaired) electrons. The van der Waals surface area contributed by atoms with Crippen LogP contribution in [0.15, 0.2) is 12.2 Å². The summed E-state index contributed by atoms with van der Waals surface area (Å²) in [5, 5.41) is 0. The van der Waals surface area contributed by atoms with Crippen LogP contribution in [0.5, 0.6) is 0 Å². The van der Waals surface area contributed by atoms with Crippen LogP contribution in [0.25, 0.3) is 0 Å². The largest absolute Gasteiger partial charge is 0.467 e. The van der Waals surface area contributed by atoms with Crippen LogP contribution in [-0.2, 0) is 0 Å². The van der Waals surface area contributed by atoms with Gasteiger partial charge in [0.1, 0.15) is 0 Å². The van der Waals surface area contributed by atoms with E-state index >= 15 is 0 Å². The Bertz CT molecular complexity index is 42.8. The van der Waals surface area contributed by atoms with E-state index in [9.17, 15) is 0 Å². The van der Waals surface area contributed by atoms with Crippen molar-refractivity contribution in [2.75, 3.05) is 0 Å². The Morgan fingerprint density at radius 1 is 1.83 bits per heavy atom. The zero-order valence-electron chi connectivity index (χ0n) is 3.95. The van der Waals surface area contributed by atoms with E-state index in [0.29, 0.717) is 0 Å². The van der Waals surface area contributed by atoms with Crippen molar-refractivity contribution in [3.8, 4) is 0 Å². The number of rotatable bonds is 2. The van der Waals surface area contributed by atoms with Crippen molar-refractivity contribution >= 4 is 35.3 Å². The van der Waals surface area contributed by atoms with E-state index < -0.39 is 0 Å². The molecule has 0 aliphatic carbocycles. The monoisotopic (exact) mass is 206 g/mol. The van der Waals surface area contributed by atoms with Gasteiger partial charge in [-0.2, -0.15) is 0 Å². The smallest absolute Gasteiger partial charge is 0.301 e. The molecule has 0 saturated heterocycles. The topological polar surface area (TPSA) is 0 Å². The normalized spacial score (nSPS) is 9.00. The van der Waals surface area contributed by atoms with Crippen molar-refractivity contribution in [1.29, 1.82) is 0 Å². The van der Waals surface area contributed by atoms with Crippen LogP contribution < -0.4 is 0 Å². The van der Waals surface area contributed by atoms with Gasteiger partial charge in [-0.05, 0) is 6.92 Å². The fourth-order valence-corrected chi connectivity index (χ4v) is 1.77. The number of hydrogen-bond acceptors (Lipinski definition) is 0. The predicted molar refractivity (Wildman–Crippen MR) is 39.4 cm³/mol. The highest BCUT2D eigenvalue weighted by atomic mass is 127. The molecule has 0 aromatic rings. The highest BCUT2D eigenvalue weighted by Gasteiger charge is 1.77. The molecule has 0 unspecified atom stereocenters. The summed E-state index contributed by atoms with van der Waals surface area (Å²) in [5.74, 6) is 0. The molecule has 0 aromatic heterocycles. The number of allylic oxidation sites excluding steroid dienone is 2. The summed E-state index contributed by atoms with van der Waals surface area (Å²) >= 11 is 2.78. The second-order valence-corrected chi connectivity index (χ2v) is 5.24. The van der Waals surface area contributed by atoms with Crippen LogP contribution in [0.4, 0.5) is 0 Å². The molecular weight excluding hydrogens is 199 g/mol. The van der Waals surface area contributed by atoms with Crippen molar-refractivity contribution in [1.82, 2.24) is 0 Å². The SMILES string of the molecule is CC=C[CH2][Mg][I]. The van der Waals surface area contributed by atoms with Crippen molar-refractivity contribution in [3.05, 3.63) is 12.2 Å². The second kappa shape index (κ2) is 6.24. The first kappa shape index (κ1) is 7.24. The van der Waals surface area contributed by atoms with Gasteiger partial charge in [0.05, 0.1) is 0 Å². The molecular formula is C4H7IMg. The summed E-state index contributed by atoms with van der Waals surface area (Å²) in [7, 11) is 0. The van der Waals surface area contributed by atoms with Gasteiger partial charge < -0.3 is 18.9 Å². The zero-order chi connectivity index (χ0) is 4.83. The average molecular weight is 206 g/mol. The van der Waals surface area contributed by atoms with Gasteiger partial charge in [0.15, 0.2) is 0 Å². The van der Waals surface area contributed by atoms with Crippen molar-refractivity contribution in [2.45, 2.75) is 11.5 Å². The summed E-state index contributed by atoms with van der Waals surface area (Å²) < 4.78 is 1.36. The van der Waals surface area contributed by atoms with E-state index in [0.717, 1.165) is 0 Å². The maximum atomic E-state index is 2.50. The molecule has 2 heteroatoms. The van der Waals surface area contributed by atoms with Crippen LogP contribution in [0, 0.1) is 0 Å². The molecule has 0 aromatic carbocycles. The molecule has 0 fully saturated rings. The maximum Gasteiger partial charge on any atom is 0.467 e. The number of halogens is 1. The van der Waals surface area contributed by atoms with Gasteiger partial charge in [0.25, 0.3) is 0 Å². The van der Waals surface area contributed by atoms with Crippen LogP contribution in [0.2, 0.25) is 4.55 Å². The molecule has 0 atom stereocenters.